The van der Waals surface area contributed by atoms with E-state index >= 15 is 0 Å². The molecule has 1 heterocycles. The Hall–Kier alpha value is -3.75. The molecule has 3 aromatic carbocycles. The fourth-order valence-electron chi connectivity index (χ4n) is 5.11. The van der Waals surface area contributed by atoms with Gasteiger partial charge in [0, 0.05) is 25.6 Å². The van der Waals surface area contributed by atoms with Crippen LogP contribution in [0.5, 0.6) is 0 Å². The van der Waals surface area contributed by atoms with Gasteiger partial charge in [0.15, 0.2) is 5.13 Å². The number of anilines is 1. The fraction of sp³-hybridized carbons (Fsp3) is 0.344. The Morgan fingerprint density at radius 2 is 1.65 bits per heavy atom. The zero-order valence-corrected chi connectivity index (χ0v) is 23.6. The zero-order valence-electron chi connectivity index (χ0n) is 22.8. The molecule has 7 nitrogen and oxygen atoms in total. The van der Waals surface area contributed by atoms with Gasteiger partial charge in [-0.25, -0.2) is 9.78 Å². The average molecular weight is 557 g/mol. The van der Waals surface area contributed by atoms with E-state index in [1.54, 1.807) is 0 Å². The number of rotatable bonds is 13. The summed E-state index contributed by atoms with van der Waals surface area (Å²) in [5, 5.41) is 7.09. The number of carbonyl (C=O) groups is 2. The van der Waals surface area contributed by atoms with Crippen molar-refractivity contribution in [1.82, 2.24) is 15.2 Å². The third kappa shape index (κ3) is 7.25. The summed E-state index contributed by atoms with van der Waals surface area (Å²) in [6.45, 7) is 4.77. The van der Waals surface area contributed by atoms with Gasteiger partial charge >= 0.3 is 12.0 Å². The molecule has 2 amide bonds. The molecular formula is C32H36N4O3S. The van der Waals surface area contributed by atoms with E-state index in [1.165, 1.54) is 22.5 Å². The molecule has 2 unspecified atom stereocenters. The highest BCUT2D eigenvalue weighted by molar-refractivity contribution is 7.22. The molecule has 0 aliphatic heterocycles. The Balaban J connectivity index is 1.24. The smallest absolute Gasteiger partial charge is 0.323 e. The van der Waals surface area contributed by atoms with Gasteiger partial charge in [0.1, 0.15) is 0 Å². The number of nitrogens with one attached hydrogen (secondary N) is 2. The summed E-state index contributed by atoms with van der Waals surface area (Å²) >= 11 is 1.48. The van der Waals surface area contributed by atoms with Gasteiger partial charge < -0.3 is 15.0 Å². The van der Waals surface area contributed by atoms with Gasteiger partial charge in [-0.1, -0.05) is 84.1 Å². The molecule has 40 heavy (non-hydrogen) atoms. The number of benzene rings is 3. The second-order valence-electron chi connectivity index (χ2n) is 10.1. The molecule has 208 valence electrons. The van der Waals surface area contributed by atoms with Crippen molar-refractivity contribution in [2.24, 2.45) is 11.8 Å². The van der Waals surface area contributed by atoms with Gasteiger partial charge in [0.2, 0.25) is 0 Å². The third-order valence-electron chi connectivity index (χ3n) is 7.36. The van der Waals surface area contributed by atoms with E-state index in [2.05, 4.69) is 64.1 Å². The average Bonchev–Trinajstić information content (AvgIpc) is 3.65. The summed E-state index contributed by atoms with van der Waals surface area (Å²) in [5.74, 6) is 0.386. The standard InChI is InChI=1S/C32H36N4O3S/c1-2-39-30(37)27-21-25(27)22-33-18-20-36(32(38)35-31-34-28-15-9-10-16-29(28)40-31)19-17-26(23-11-5-3-6-12-23)24-13-7-4-8-14-24/h3-16,25-27,33H,2,17-22H2,1H3,(H,34,35,38). The molecular weight excluding hydrogens is 520 g/mol. The molecule has 2 atom stereocenters. The van der Waals surface area contributed by atoms with Gasteiger partial charge in [-0.15, -0.1) is 0 Å². The maximum Gasteiger partial charge on any atom is 0.323 e. The van der Waals surface area contributed by atoms with Gasteiger partial charge in [0.25, 0.3) is 0 Å². The van der Waals surface area contributed by atoms with Crippen molar-refractivity contribution in [3.05, 3.63) is 96.1 Å². The van der Waals surface area contributed by atoms with E-state index in [0.29, 0.717) is 37.3 Å². The van der Waals surface area contributed by atoms with Gasteiger partial charge in [-0.05, 0) is 55.5 Å². The lowest BCUT2D eigenvalue weighted by Crippen LogP contribution is -2.41. The number of hydrogen-bond acceptors (Lipinski definition) is 6. The molecule has 2 N–H and O–H groups in total. The van der Waals surface area contributed by atoms with Crippen LogP contribution < -0.4 is 10.6 Å². The van der Waals surface area contributed by atoms with E-state index in [4.69, 9.17) is 4.74 Å². The third-order valence-corrected chi connectivity index (χ3v) is 8.32. The monoisotopic (exact) mass is 556 g/mol. The second kappa shape index (κ2) is 13.5. The highest BCUT2D eigenvalue weighted by atomic mass is 32.1. The molecule has 1 saturated carbocycles. The fourth-order valence-corrected chi connectivity index (χ4v) is 5.96. The lowest BCUT2D eigenvalue weighted by molar-refractivity contribution is -0.145. The number of para-hydroxylation sites is 1. The second-order valence-corrected chi connectivity index (χ2v) is 11.2. The number of thiazole rings is 1. The van der Waals surface area contributed by atoms with Crippen LogP contribution in [0.2, 0.25) is 0 Å². The van der Waals surface area contributed by atoms with E-state index in [0.717, 1.165) is 29.6 Å². The molecule has 1 aliphatic rings. The summed E-state index contributed by atoms with van der Waals surface area (Å²) in [7, 11) is 0. The molecule has 1 aliphatic carbocycles. The van der Waals surface area contributed by atoms with Crippen LogP contribution in [0.25, 0.3) is 10.2 Å². The highest BCUT2D eigenvalue weighted by Crippen LogP contribution is 2.38. The molecule has 0 saturated heterocycles. The van der Waals surface area contributed by atoms with Crippen LogP contribution in [-0.4, -0.2) is 54.7 Å². The first-order valence-corrected chi connectivity index (χ1v) is 14.8. The minimum absolute atomic E-state index is 0.00314. The summed E-state index contributed by atoms with van der Waals surface area (Å²) in [6, 6.07) is 28.7. The molecule has 1 fully saturated rings. The number of urea groups is 1. The molecule has 0 bridgehead atoms. The predicted octanol–water partition coefficient (Wildman–Crippen LogP) is 6.14. The van der Waals surface area contributed by atoms with E-state index in [9.17, 15) is 9.59 Å². The molecule has 0 spiro atoms. The molecule has 5 rings (SSSR count). The van der Waals surface area contributed by atoms with Crippen LogP contribution in [0.15, 0.2) is 84.9 Å². The van der Waals surface area contributed by atoms with Crippen LogP contribution in [0, 0.1) is 11.8 Å². The largest absolute Gasteiger partial charge is 0.466 e. The minimum Gasteiger partial charge on any atom is -0.466 e. The number of aromatic nitrogens is 1. The Kier molecular flexibility index (Phi) is 9.42. The van der Waals surface area contributed by atoms with Crippen LogP contribution >= 0.6 is 11.3 Å². The predicted molar refractivity (Wildman–Crippen MR) is 161 cm³/mol. The molecule has 4 aromatic rings. The number of ether oxygens (including phenoxy) is 1. The van der Waals surface area contributed by atoms with E-state index < -0.39 is 0 Å². The maximum atomic E-state index is 13.5. The van der Waals surface area contributed by atoms with Crippen LogP contribution in [0.3, 0.4) is 0 Å². The summed E-state index contributed by atoms with van der Waals surface area (Å²) < 4.78 is 6.19. The zero-order chi connectivity index (χ0) is 27.7. The lowest BCUT2D eigenvalue weighted by atomic mass is 9.88. The Morgan fingerprint density at radius 1 is 0.975 bits per heavy atom. The van der Waals surface area contributed by atoms with Crippen LogP contribution in [-0.2, 0) is 9.53 Å². The normalized spacial score (nSPS) is 16.1. The van der Waals surface area contributed by atoms with Gasteiger partial charge in [-0.2, -0.15) is 0 Å². The maximum absolute atomic E-state index is 13.5. The van der Waals surface area contributed by atoms with Crippen LogP contribution in [0.4, 0.5) is 9.93 Å². The summed E-state index contributed by atoms with van der Waals surface area (Å²) in [4.78, 5) is 31.9. The Bertz CT molecular complexity index is 1320. The molecule has 0 radical (unpaired) electrons. The summed E-state index contributed by atoms with van der Waals surface area (Å²) in [5.41, 5.74) is 3.35. The van der Waals surface area contributed by atoms with Crippen molar-refractivity contribution in [3.63, 3.8) is 0 Å². The molecule has 8 heteroatoms. The number of hydrogen-bond donors (Lipinski definition) is 2. The topological polar surface area (TPSA) is 83.6 Å². The lowest BCUT2D eigenvalue weighted by Gasteiger charge is -2.26. The van der Waals surface area contributed by atoms with Crippen molar-refractivity contribution < 1.29 is 14.3 Å². The van der Waals surface area contributed by atoms with Crippen molar-refractivity contribution >= 4 is 38.7 Å². The van der Waals surface area contributed by atoms with E-state index in [-0.39, 0.29) is 23.8 Å². The Labute approximate surface area is 239 Å². The number of nitrogens with zero attached hydrogens (tertiary/aromatic N) is 2. The SMILES string of the molecule is CCOC(=O)C1CC1CNCCN(CCC(c1ccccc1)c1ccccc1)C(=O)Nc1nc2ccccc2s1. The minimum atomic E-state index is -0.156. The Morgan fingerprint density at radius 3 is 2.33 bits per heavy atom. The number of carbonyl (C=O) groups excluding carboxylic acids is 2. The van der Waals surface area contributed by atoms with Gasteiger partial charge in [0.05, 0.1) is 22.7 Å². The first kappa shape index (κ1) is 27.8. The number of fused-ring (bicyclic) bond motifs is 1. The first-order valence-electron chi connectivity index (χ1n) is 14.0. The molecule has 1 aromatic heterocycles. The quantitative estimate of drug-likeness (QED) is 0.153. The van der Waals surface area contributed by atoms with Gasteiger partial charge in [-0.3, -0.25) is 10.1 Å². The number of esters is 1. The van der Waals surface area contributed by atoms with E-state index in [1.807, 2.05) is 48.2 Å². The van der Waals surface area contributed by atoms with Crippen LogP contribution in [0.1, 0.15) is 36.8 Å². The van der Waals surface area contributed by atoms with Crippen molar-refractivity contribution in [2.45, 2.75) is 25.7 Å². The first-order chi connectivity index (χ1) is 19.6. The van der Waals surface area contributed by atoms with Crippen molar-refractivity contribution in [1.29, 1.82) is 0 Å². The highest BCUT2D eigenvalue weighted by Gasteiger charge is 2.43. The van der Waals surface area contributed by atoms with Crippen molar-refractivity contribution in [2.75, 3.05) is 38.1 Å². The number of amides is 2. The van der Waals surface area contributed by atoms with Crippen molar-refractivity contribution in [3.8, 4) is 0 Å². The summed E-state index contributed by atoms with van der Waals surface area (Å²) in [6.07, 6.45) is 1.65.